The van der Waals surface area contributed by atoms with E-state index in [1.54, 1.807) is 12.1 Å². The Labute approximate surface area is 91.7 Å². The fraction of sp³-hybridized carbons (Fsp3) is 0.273. The number of hydrogen-bond donors (Lipinski definition) is 1. The molecule has 1 atom stereocenters. The van der Waals surface area contributed by atoms with Crippen LogP contribution in [0.1, 0.15) is 13.3 Å². The zero-order chi connectivity index (χ0) is 11.5. The van der Waals surface area contributed by atoms with Crippen LogP contribution in [0.15, 0.2) is 22.6 Å². The van der Waals surface area contributed by atoms with Crippen LogP contribution in [0.3, 0.4) is 0 Å². The van der Waals surface area contributed by atoms with Crippen LogP contribution in [0.25, 0.3) is 11.1 Å². The van der Waals surface area contributed by atoms with Crippen LogP contribution in [0.2, 0.25) is 0 Å². The van der Waals surface area contributed by atoms with E-state index in [0.717, 1.165) is 0 Å². The van der Waals surface area contributed by atoms with Crippen molar-refractivity contribution in [2.75, 3.05) is 5.32 Å². The number of nitrogens with zero attached hydrogens (tertiary/aromatic N) is 2. The first-order valence-electron chi connectivity index (χ1n) is 4.89. The first kappa shape index (κ1) is 10.4. The Kier molecular flexibility index (Phi) is 2.73. The number of oxazole rings is 1. The average molecular weight is 219 g/mol. The Morgan fingerprint density at radius 2 is 2.44 bits per heavy atom. The van der Waals surface area contributed by atoms with Crippen molar-refractivity contribution in [2.45, 2.75) is 19.4 Å². The van der Waals surface area contributed by atoms with Gasteiger partial charge in [-0.1, -0.05) is 6.07 Å². The maximum Gasteiger partial charge on any atom is 0.296 e. The quantitative estimate of drug-likeness (QED) is 0.862. The fourth-order valence-electron chi connectivity index (χ4n) is 1.38. The van der Waals surface area contributed by atoms with E-state index in [0.29, 0.717) is 12.0 Å². The lowest BCUT2D eigenvalue weighted by molar-refractivity contribution is 0.600. The van der Waals surface area contributed by atoms with Gasteiger partial charge in [0.1, 0.15) is 5.52 Å². The van der Waals surface area contributed by atoms with Crippen molar-refractivity contribution in [3.8, 4) is 6.07 Å². The summed E-state index contributed by atoms with van der Waals surface area (Å²) in [6.45, 7) is 1.83. The Morgan fingerprint density at radius 3 is 3.12 bits per heavy atom. The van der Waals surface area contributed by atoms with Crippen molar-refractivity contribution < 1.29 is 8.81 Å². The summed E-state index contributed by atoms with van der Waals surface area (Å²) in [5, 5.41) is 11.4. The molecule has 4 nitrogen and oxygen atoms in total. The van der Waals surface area contributed by atoms with Gasteiger partial charge in [-0.25, -0.2) is 4.39 Å². The first-order valence-corrected chi connectivity index (χ1v) is 4.89. The molecule has 1 aromatic heterocycles. The molecule has 0 saturated carbocycles. The van der Waals surface area contributed by atoms with Gasteiger partial charge in [-0.05, 0) is 19.1 Å². The highest BCUT2D eigenvalue weighted by atomic mass is 19.1. The van der Waals surface area contributed by atoms with Gasteiger partial charge in [0.05, 0.1) is 12.5 Å². The summed E-state index contributed by atoms with van der Waals surface area (Å²) in [6, 6.07) is 6.72. The smallest absolute Gasteiger partial charge is 0.296 e. The van der Waals surface area contributed by atoms with Gasteiger partial charge in [-0.3, -0.25) is 0 Å². The zero-order valence-corrected chi connectivity index (χ0v) is 8.70. The van der Waals surface area contributed by atoms with E-state index < -0.39 is 5.82 Å². The van der Waals surface area contributed by atoms with E-state index in [1.165, 1.54) is 6.07 Å². The number of benzene rings is 1. The number of rotatable bonds is 3. The molecule has 1 heterocycles. The molecule has 0 bridgehead atoms. The molecule has 0 radical (unpaired) electrons. The molecule has 1 aromatic carbocycles. The summed E-state index contributed by atoms with van der Waals surface area (Å²) in [5.74, 6) is -0.415. The predicted molar refractivity (Wildman–Crippen MR) is 57.3 cm³/mol. The summed E-state index contributed by atoms with van der Waals surface area (Å²) in [7, 11) is 0. The molecule has 5 heteroatoms. The third-order valence-electron chi connectivity index (χ3n) is 2.14. The number of halogens is 1. The van der Waals surface area contributed by atoms with Crippen molar-refractivity contribution >= 4 is 17.1 Å². The van der Waals surface area contributed by atoms with Crippen LogP contribution in [0.5, 0.6) is 0 Å². The Bertz CT molecular complexity index is 544. The number of nitriles is 1. The topological polar surface area (TPSA) is 61.9 Å². The summed E-state index contributed by atoms with van der Waals surface area (Å²) < 4.78 is 18.6. The van der Waals surface area contributed by atoms with Crippen LogP contribution in [-0.4, -0.2) is 11.0 Å². The minimum absolute atomic E-state index is 0.0823. The van der Waals surface area contributed by atoms with Crippen molar-refractivity contribution in [1.82, 2.24) is 4.98 Å². The van der Waals surface area contributed by atoms with Gasteiger partial charge in [0.25, 0.3) is 6.01 Å². The average Bonchev–Trinajstić information content (AvgIpc) is 2.62. The lowest BCUT2D eigenvalue weighted by atomic mass is 10.3. The maximum atomic E-state index is 13.3. The van der Waals surface area contributed by atoms with Gasteiger partial charge < -0.3 is 9.73 Å². The molecule has 1 N–H and O–H groups in total. The van der Waals surface area contributed by atoms with Crippen molar-refractivity contribution in [3.05, 3.63) is 24.0 Å². The molecule has 0 unspecified atom stereocenters. The van der Waals surface area contributed by atoms with E-state index in [2.05, 4.69) is 10.3 Å². The summed E-state index contributed by atoms with van der Waals surface area (Å²) >= 11 is 0. The van der Waals surface area contributed by atoms with Crippen LogP contribution < -0.4 is 5.32 Å². The van der Waals surface area contributed by atoms with Gasteiger partial charge in [0.2, 0.25) is 0 Å². The highest BCUT2D eigenvalue weighted by molar-refractivity contribution is 5.74. The van der Waals surface area contributed by atoms with Crippen molar-refractivity contribution in [2.24, 2.45) is 0 Å². The molecule has 0 spiro atoms. The lowest BCUT2D eigenvalue weighted by Gasteiger charge is -2.05. The minimum Gasteiger partial charge on any atom is -0.423 e. The summed E-state index contributed by atoms with van der Waals surface area (Å²) in [6.07, 6.45) is 0.335. The van der Waals surface area contributed by atoms with E-state index in [9.17, 15) is 4.39 Å². The normalized spacial score (nSPS) is 12.3. The van der Waals surface area contributed by atoms with Gasteiger partial charge in [0, 0.05) is 6.04 Å². The number of fused-ring (bicyclic) bond motifs is 1. The van der Waals surface area contributed by atoms with Gasteiger partial charge >= 0.3 is 0 Å². The second kappa shape index (κ2) is 4.19. The summed E-state index contributed by atoms with van der Waals surface area (Å²) in [4.78, 5) is 3.97. The Balaban J connectivity index is 2.27. The van der Waals surface area contributed by atoms with E-state index in [-0.39, 0.29) is 17.6 Å². The van der Waals surface area contributed by atoms with Crippen molar-refractivity contribution in [3.63, 3.8) is 0 Å². The molecule has 0 saturated heterocycles. The van der Waals surface area contributed by atoms with Crippen LogP contribution in [0.4, 0.5) is 10.4 Å². The Morgan fingerprint density at radius 1 is 1.62 bits per heavy atom. The highest BCUT2D eigenvalue weighted by Gasteiger charge is 2.11. The third-order valence-corrected chi connectivity index (χ3v) is 2.14. The maximum absolute atomic E-state index is 13.3. The molecule has 82 valence electrons. The number of nitrogens with one attached hydrogen (secondary N) is 1. The molecule has 16 heavy (non-hydrogen) atoms. The largest absolute Gasteiger partial charge is 0.423 e. The SMILES string of the molecule is C[C@@H](CC#N)Nc1nc2c(F)cccc2o1. The number of hydrogen-bond acceptors (Lipinski definition) is 4. The van der Waals surface area contributed by atoms with E-state index in [1.807, 2.05) is 13.0 Å². The lowest BCUT2D eigenvalue weighted by Crippen LogP contribution is -2.13. The van der Waals surface area contributed by atoms with E-state index in [4.69, 9.17) is 9.68 Å². The number of aromatic nitrogens is 1. The standard InChI is InChI=1S/C11H10FN3O/c1-7(5-6-13)14-11-15-10-8(12)3-2-4-9(10)16-11/h2-4,7H,5H2,1H3,(H,14,15)/t7-/m0/s1. The van der Waals surface area contributed by atoms with Crippen molar-refractivity contribution in [1.29, 1.82) is 5.26 Å². The number of para-hydroxylation sites is 1. The van der Waals surface area contributed by atoms with Crippen LogP contribution >= 0.6 is 0 Å². The monoisotopic (exact) mass is 219 g/mol. The third kappa shape index (κ3) is 1.96. The van der Waals surface area contributed by atoms with Crippen LogP contribution in [-0.2, 0) is 0 Å². The molecular formula is C11H10FN3O. The van der Waals surface area contributed by atoms with Crippen LogP contribution in [0, 0.1) is 17.1 Å². The molecular weight excluding hydrogens is 209 g/mol. The highest BCUT2D eigenvalue weighted by Crippen LogP contribution is 2.21. The zero-order valence-electron chi connectivity index (χ0n) is 8.70. The predicted octanol–water partition coefficient (Wildman–Crippen LogP) is 2.68. The second-order valence-electron chi connectivity index (χ2n) is 3.51. The summed E-state index contributed by atoms with van der Waals surface area (Å²) in [5.41, 5.74) is 0.598. The molecule has 0 amide bonds. The van der Waals surface area contributed by atoms with Gasteiger partial charge in [0.15, 0.2) is 11.4 Å². The first-order chi connectivity index (χ1) is 7.70. The van der Waals surface area contributed by atoms with Gasteiger partial charge in [-0.15, -0.1) is 0 Å². The molecule has 2 rings (SSSR count). The molecule has 0 aliphatic heterocycles. The molecule has 0 aliphatic rings. The molecule has 2 aromatic rings. The Hall–Kier alpha value is -2.09. The van der Waals surface area contributed by atoms with E-state index >= 15 is 0 Å². The number of anilines is 1. The fourth-order valence-corrected chi connectivity index (χ4v) is 1.38. The minimum atomic E-state index is -0.415. The molecule has 0 fully saturated rings. The van der Waals surface area contributed by atoms with Gasteiger partial charge in [-0.2, -0.15) is 10.2 Å². The molecule has 0 aliphatic carbocycles. The second-order valence-corrected chi connectivity index (χ2v) is 3.51.